The molecule has 0 aromatic carbocycles. The van der Waals surface area contributed by atoms with Crippen molar-refractivity contribution in [3.8, 4) is 0 Å². The van der Waals surface area contributed by atoms with E-state index >= 15 is 0 Å². The van der Waals surface area contributed by atoms with Crippen LogP contribution < -0.4 is 0 Å². The second kappa shape index (κ2) is 6.74. The van der Waals surface area contributed by atoms with E-state index in [1.54, 1.807) is 0 Å². The molecule has 7 atom stereocenters. The molecule has 0 aromatic rings. The normalized spacial score (nSPS) is 46.3. The average Bonchev–Trinajstić information content (AvgIpc) is 2.92. The maximum Gasteiger partial charge on any atom is 0.303 e. The summed E-state index contributed by atoms with van der Waals surface area (Å²) < 4.78 is 0. The van der Waals surface area contributed by atoms with Crippen LogP contribution in [0.1, 0.15) is 85.0 Å². The second-order valence-corrected chi connectivity index (χ2v) is 10.5. The van der Waals surface area contributed by atoms with E-state index in [2.05, 4.69) is 20.8 Å². The van der Waals surface area contributed by atoms with Crippen molar-refractivity contribution in [2.75, 3.05) is 0 Å². The Kier molecular flexibility index (Phi) is 4.79. The van der Waals surface area contributed by atoms with Gasteiger partial charge in [-0.3, -0.25) is 9.59 Å². The molecular weight excluding hydrogens is 336 g/mol. The molecule has 1 N–H and O–H groups in total. The number of hydrogen-bond acceptors (Lipinski definition) is 2. The Labute approximate surface area is 164 Å². The molecule has 0 heterocycles. The minimum absolute atomic E-state index is 0.235. The van der Waals surface area contributed by atoms with Crippen LogP contribution in [-0.4, -0.2) is 16.9 Å². The maximum atomic E-state index is 12.0. The van der Waals surface area contributed by atoms with E-state index in [0.29, 0.717) is 29.5 Å². The number of carbonyl (C=O) groups is 2. The Morgan fingerprint density at radius 2 is 1.96 bits per heavy atom. The lowest BCUT2D eigenvalue weighted by molar-refractivity contribution is -0.138. The zero-order valence-corrected chi connectivity index (χ0v) is 17.3. The molecule has 27 heavy (non-hydrogen) atoms. The molecule has 4 aliphatic rings. The number of rotatable bonds is 4. The van der Waals surface area contributed by atoms with Gasteiger partial charge in [-0.25, -0.2) is 0 Å². The molecule has 0 amide bonds. The number of carboxylic acids is 1. The minimum atomic E-state index is -0.641. The molecule has 3 heteroatoms. The van der Waals surface area contributed by atoms with E-state index in [1.807, 2.05) is 6.08 Å². The molecule has 4 rings (SSSR count). The average molecular weight is 373 g/mol. The third-order valence-electron chi connectivity index (χ3n) is 9.57. The summed E-state index contributed by atoms with van der Waals surface area (Å²) in [5.41, 5.74) is 1.99. The predicted octanol–water partition coefficient (Wildman–Crippen LogP) is 5.64. The van der Waals surface area contributed by atoms with E-state index in [0.717, 1.165) is 43.4 Å². The molecule has 3 nitrogen and oxygen atoms in total. The molecule has 0 saturated heterocycles. The summed E-state index contributed by atoms with van der Waals surface area (Å²) in [4.78, 5) is 23.2. The van der Waals surface area contributed by atoms with E-state index in [4.69, 9.17) is 0 Å². The lowest BCUT2D eigenvalue weighted by Gasteiger charge is -2.58. The zero-order valence-electron chi connectivity index (χ0n) is 17.3. The van der Waals surface area contributed by atoms with Gasteiger partial charge >= 0.3 is 5.97 Å². The zero-order chi connectivity index (χ0) is 19.4. The van der Waals surface area contributed by atoms with Crippen molar-refractivity contribution >= 4 is 11.8 Å². The summed E-state index contributed by atoms with van der Waals surface area (Å²) in [6, 6.07) is 0. The van der Waals surface area contributed by atoms with E-state index in [1.165, 1.54) is 37.7 Å². The third-order valence-corrected chi connectivity index (χ3v) is 9.57. The van der Waals surface area contributed by atoms with Gasteiger partial charge in [0.05, 0.1) is 0 Å². The van der Waals surface area contributed by atoms with Gasteiger partial charge in [-0.05, 0) is 91.4 Å². The minimum Gasteiger partial charge on any atom is -0.481 e. The van der Waals surface area contributed by atoms with Crippen molar-refractivity contribution in [1.82, 2.24) is 0 Å². The summed E-state index contributed by atoms with van der Waals surface area (Å²) in [5, 5.41) is 9.25. The van der Waals surface area contributed by atoms with Gasteiger partial charge in [-0.2, -0.15) is 0 Å². The first-order valence-electron chi connectivity index (χ1n) is 11.2. The molecular formula is C24H36O3. The SMILES string of the molecule is CC[C@H]1C[C@H]2[C@@H]3CCC4=CC(=O)CC[C@]4(C)[C@H]3CC[C@]2(C)[C@H]1CCC(=O)O. The van der Waals surface area contributed by atoms with Crippen LogP contribution in [0.3, 0.4) is 0 Å². The first-order chi connectivity index (χ1) is 12.8. The number of carboxylic acid groups (broad SMARTS) is 1. The number of fused-ring (bicyclic) bond motifs is 5. The van der Waals surface area contributed by atoms with Gasteiger partial charge in [-0.1, -0.05) is 32.8 Å². The summed E-state index contributed by atoms with van der Waals surface area (Å²) >= 11 is 0. The Bertz CT molecular complexity index is 665. The van der Waals surface area contributed by atoms with E-state index < -0.39 is 5.97 Å². The molecule has 3 fully saturated rings. The lowest BCUT2D eigenvalue weighted by atomic mass is 9.46. The quantitative estimate of drug-likeness (QED) is 0.695. The summed E-state index contributed by atoms with van der Waals surface area (Å²) in [6.45, 7) is 7.24. The molecule has 0 radical (unpaired) electrons. The van der Waals surface area contributed by atoms with Crippen LogP contribution in [0.15, 0.2) is 11.6 Å². The van der Waals surface area contributed by atoms with E-state index in [9.17, 15) is 14.7 Å². The van der Waals surface area contributed by atoms with Crippen LogP contribution in [0.2, 0.25) is 0 Å². The van der Waals surface area contributed by atoms with Crippen LogP contribution in [-0.2, 0) is 9.59 Å². The van der Waals surface area contributed by atoms with Gasteiger partial charge in [0.15, 0.2) is 5.78 Å². The van der Waals surface area contributed by atoms with Gasteiger partial charge in [0.2, 0.25) is 0 Å². The van der Waals surface area contributed by atoms with Crippen LogP contribution >= 0.6 is 0 Å². The molecule has 4 aliphatic carbocycles. The monoisotopic (exact) mass is 372 g/mol. The highest BCUT2D eigenvalue weighted by molar-refractivity contribution is 5.91. The fourth-order valence-electron chi connectivity index (χ4n) is 8.14. The maximum absolute atomic E-state index is 12.0. The van der Waals surface area contributed by atoms with Crippen molar-refractivity contribution in [3.05, 3.63) is 11.6 Å². The van der Waals surface area contributed by atoms with Crippen molar-refractivity contribution in [2.24, 2.45) is 40.4 Å². The topological polar surface area (TPSA) is 54.4 Å². The van der Waals surface area contributed by atoms with Crippen molar-refractivity contribution < 1.29 is 14.7 Å². The highest BCUT2D eigenvalue weighted by Gasteiger charge is 2.60. The van der Waals surface area contributed by atoms with E-state index in [-0.39, 0.29) is 5.41 Å². The number of hydrogen-bond donors (Lipinski definition) is 1. The van der Waals surface area contributed by atoms with Gasteiger partial charge in [0.1, 0.15) is 0 Å². The van der Waals surface area contributed by atoms with Gasteiger partial charge in [0, 0.05) is 12.8 Å². The number of ketones is 1. The Morgan fingerprint density at radius 3 is 2.67 bits per heavy atom. The van der Waals surface area contributed by atoms with Crippen LogP contribution in [0.4, 0.5) is 0 Å². The van der Waals surface area contributed by atoms with Crippen molar-refractivity contribution in [2.45, 2.75) is 85.0 Å². The largest absolute Gasteiger partial charge is 0.481 e. The standard InChI is InChI=1S/C24H36O3/c1-4-15-13-21-18-6-5-16-14-17(25)9-11-23(16,2)20(18)10-12-24(21,3)19(15)7-8-22(26)27/h14-15,18-21H,4-13H2,1-3H3,(H,26,27)/t15-,18+,19-,20-,21-,23-,24+/m0/s1. The fourth-order valence-corrected chi connectivity index (χ4v) is 8.14. The van der Waals surface area contributed by atoms with Crippen LogP contribution in [0.5, 0.6) is 0 Å². The molecule has 3 saturated carbocycles. The van der Waals surface area contributed by atoms with Crippen molar-refractivity contribution in [1.29, 1.82) is 0 Å². The smallest absolute Gasteiger partial charge is 0.303 e. The van der Waals surface area contributed by atoms with Crippen molar-refractivity contribution in [3.63, 3.8) is 0 Å². The number of aliphatic carboxylic acids is 1. The molecule has 0 bridgehead atoms. The number of allylic oxidation sites excluding steroid dienone is 1. The van der Waals surface area contributed by atoms with Gasteiger partial charge < -0.3 is 5.11 Å². The molecule has 0 spiro atoms. The Balaban J connectivity index is 1.62. The molecule has 0 unspecified atom stereocenters. The van der Waals surface area contributed by atoms with Gasteiger partial charge in [-0.15, -0.1) is 0 Å². The first kappa shape index (κ1) is 19.2. The Hall–Kier alpha value is -1.12. The summed E-state index contributed by atoms with van der Waals surface area (Å²) in [5.74, 6) is 3.19. The van der Waals surface area contributed by atoms with Crippen LogP contribution in [0.25, 0.3) is 0 Å². The second-order valence-electron chi connectivity index (χ2n) is 10.5. The summed E-state index contributed by atoms with van der Waals surface area (Å²) in [6.07, 6.45) is 12.3. The molecule has 0 aliphatic heterocycles. The number of carbonyl (C=O) groups excluding carboxylic acids is 1. The summed E-state index contributed by atoms with van der Waals surface area (Å²) in [7, 11) is 0. The highest BCUT2D eigenvalue weighted by Crippen LogP contribution is 2.68. The predicted molar refractivity (Wildman–Crippen MR) is 106 cm³/mol. The first-order valence-corrected chi connectivity index (χ1v) is 11.2. The van der Waals surface area contributed by atoms with Crippen LogP contribution in [0, 0.1) is 40.4 Å². The fraction of sp³-hybridized carbons (Fsp3) is 0.833. The molecule has 150 valence electrons. The highest BCUT2D eigenvalue weighted by atomic mass is 16.4. The Morgan fingerprint density at radius 1 is 1.19 bits per heavy atom. The molecule has 0 aromatic heterocycles. The third kappa shape index (κ3) is 2.91. The lowest BCUT2D eigenvalue weighted by Crippen LogP contribution is -2.50. The van der Waals surface area contributed by atoms with Gasteiger partial charge in [0.25, 0.3) is 0 Å².